The molecular formula is C7H11N3O2. The van der Waals surface area contributed by atoms with Crippen LogP contribution in [0.15, 0.2) is 6.33 Å². The van der Waals surface area contributed by atoms with Gasteiger partial charge in [0.25, 0.3) is 0 Å². The summed E-state index contributed by atoms with van der Waals surface area (Å²) >= 11 is 0. The fourth-order valence-electron chi connectivity index (χ4n) is 0.878. The molecule has 0 radical (unpaired) electrons. The van der Waals surface area contributed by atoms with Crippen LogP contribution in [-0.2, 0) is 11.3 Å². The van der Waals surface area contributed by atoms with Gasteiger partial charge < -0.3 is 4.74 Å². The molecule has 0 aliphatic carbocycles. The van der Waals surface area contributed by atoms with Crippen molar-refractivity contribution < 1.29 is 9.53 Å². The van der Waals surface area contributed by atoms with Crippen molar-refractivity contribution in [2.45, 2.75) is 13.5 Å². The predicted octanol–water partition coefficient (Wildman–Crippen LogP) is 0.127. The lowest BCUT2D eigenvalue weighted by molar-refractivity contribution is 0.0994. The second kappa shape index (κ2) is 3.96. The minimum atomic E-state index is -0.0800. The molecule has 66 valence electrons. The Balaban J connectivity index is 2.70. The molecule has 12 heavy (non-hydrogen) atoms. The molecule has 0 saturated carbocycles. The molecule has 0 aromatic carbocycles. The van der Waals surface area contributed by atoms with Crippen LogP contribution in [0.1, 0.15) is 17.5 Å². The molecule has 5 nitrogen and oxygen atoms in total. The van der Waals surface area contributed by atoms with Crippen LogP contribution in [0.5, 0.6) is 0 Å². The number of hydrogen-bond donors (Lipinski definition) is 0. The predicted molar refractivity (Wildman–Crippen MR) is 41.9 cm³/mol. The summed E-state index contributed by atoms with van der Waals surface area (Å²) in [4.78, 5) is 14.7. The quantitative estimate of drug-likeness (QED) is 0.601. The number of aromatic nitrogens is 3. The topological polar surface area (TPSA) is 57.0 Å². The van der Waals surface area contributed by atoms with Crippen molar-refractivity contribution in [3.8, 4) is 0 Å². The van der Waals surface area contributed by atoms with Gasteiger partial charge in [-0.25, -0.2) is 9.67 Å². The average molecular weight is 169 g/mol. The molecule has 1 aromatic heterocycles. The molecule has 0 N–H and O–H groups in total. The lowest BCUT2D eigenvalue weighted by atomic mass is 10.4. The van der Waals surface area contributed by atoms with Gasteiger partial charge >= 0.3 is 0 Å². The van der Waals surface area contributed by atoms with E-state index in [2.05, 4.69) is 10.1 Å². The van der Waals surface area contributed by atoms with E-state index in [1.54, 1.807) is 7.11 Å². The summed E-state index contributed by atoms with van der Waals surface area (Å²) in [6, 6.07) is 0. The molecule has 0 aliphatic heterocycles. The monoisotopic (exact) mass is 169 g/mol. The highest BCUT2D eigenvalue weighted by atomic mass is 16.5. The Kier molecular flexibility index (Phi) is 2.93. The van der Waals surface area contributed by atoms with E-state index in [0.717, 1.165) is 0 Å². The van der Waals surface area contributed by atoms with Crippen molar-refractivity contribution >= 4 is 5.78 Å². The molecule has 1 aromatic rings. The van der Waals surface area contributed by atoms with E-state index in [1.807, 2.05) is 0 Å². The van der Waals surface area contributed by atoms with Gasteiger partial charge in [0.05, 0.1) is 13.2 Å². The van der Waals surface area contributed by atoms with Crippen LogP contribution in [0.3, 0.4) is 0 Å². The Morgan fingerprint density at radius 2 is 2.50 bits per heavy atom. The fraction of sp³-hybridized carbons (Fsp3) is 0.571. The molecule has 0 aliphatic rings. The Bertz CT molecular complexity index is 269. The van der Waals surface area contributed by atoms with Gasteiger partial charge in [-0.15, -0.1) is 0 Å². The minimum absolute atomic E-state index is 0.0800. The standard InChI is InChI=1S/C7H11N3O2/c1-6(11)7-8-5-9-10(7)3-4-12-2/h5H,3-4H2,1-2H3. The Morgan fingerprint density at radius 3 is 3.08 bits per heavy atom. The van der Waals surface area contributed by atoms with E-state index in [9.17, 15) is 4.79 Å². The maximum atomic E-state index is 10.9. The van der Waals surface area contributed by atoms with Gasteiger partial charge in [0.1, 0.15) is 6.33 Å². The smallest absolute Gasteiger partial charge is 0.196 e. The highest BCUT2D eigenvalue weighted by Crippen LogP contribution is 1.94. The first kappa shape index (κ1) is 8.86. The van der Waals surface area contributed by atoms with Crippen LogP contribution < -0.4 is 0 Å². The molecular weight excluding hydrogens is 158 g/mol. The normalized spacial score (nSPS) is 10.2. The summed E-state index contributed by atoms with van der Waals surface area (Å²) in [6.45, 7) is 2.56. The van der Waals surface area contributed by atoms with E-state index in [0.29, 0.717) is 19.0 Å². The number of methoxy groups -OCH3 is 1. The summed E-state index contributed by atoms with van der Waals surface area (Å²) in [6.07, 6.45) is 1.37. The van der Waals surface area contributed by atoms with Crippen LogP contribution in [0, 0.1) is 0 Å². The second-order valence-electron chi connectivity index (χ2n) is 2.36. The number of ketones is 1. The number of rotatable bonds is 4. The van der Waals surface area contributed by atoms with Crippen LogP contribution in [0.25, 0.3) is 0 Å². The number of nitrogens with zero attached hydrogens (tertiary/aromatic N) is 3. The lowest BCUT2D eigenvalue weighted by Gasteiger charge is -2.01. The molecule has 0 fully saturated rings. The van der Waals surface area contributed by atoms with Gasteiger partial charge in [0, 0.05) is 14.0 Å². The Morgan fingerprint density at radius 1 is 1.75 bits per heavy atom. The van der Waals surface area contributed by atoms with Crippen molar-refractivity contribution in [3.05, 3.63) is 12.2 Å². The van der Waals surface area contributed by atoms with E-state index < -0.39 is 0 Å². The van der Waals surface area contributed by atoms with Gasteiger partial charge in [0.15, 0.2) is 11.6 Å². The summed E-state index contributed by atoms with van der Waals surface area (Å²) < 4.78 is 6.38. The first-order valence-electron chi connectivity index (χ1n) is 3.63. The van der Waals surface area contributed by atoms with E-state index in [4.69, 9.17) is 4.74 Å². The zero-order valence-corrected chi connectivity index (χ0v) is 7.15. The zero-order valence-electron chi connectivity index (χ0n) is 7.15. The molecule has 0 saturated heterocycles. The largest absolute Gasteiger partial charge is 0.383 e. The average Bonchev–Trinajstić information content (AvgIpc) is 2.48. The molecule has 1 heterocycles. The number of hydrogen-bond acceptors (Lipinski definition) is 4. The maximum absolute atomic E-state index is 10.9. The Labute approximate surface area is 70.4 Å². The van der Waals surface area contributed by atoms with Crippen molar-refractivity contribution in [3.63, 3.8) is 0 Å². The minimum Gasteiger partial charge on any atom is -0.383 e. The fourth-order valence-corrected chi connectivity index (χ4v) is 0.878. The van der Waals surface area contributed by atoms with E-state index >= 15 is 0 Å². The van der Waals surface area contributed by atoms with Gasteiger partial charge in [-0.05, 0) is 0 Å². The molecule has 0 spiro atoms. The zero-order chi connectivity index (χ0) is 8.97. The SMILES string of the molecule is COCCn1ncnc1C(C)=O. The maximum Gasteiger partial charge on any atom is 0.196 e. The van der Waals surface area contributed by atoms with Crippen molar-refractivity contribution in [2.24, 2.45) is 0 Å². The first-order chi connectivity index (χ1) is 5.75. The third-order valence-corrected chi connectivity index (χ3v) is 1.44. The van der Waals surface area contributed by atoms with E-state index in [1.165, 1.54) is 17.9 Å². The van der Waals surface area contributed by atoms with Gasteiger partial charge in [-0.1, -0.05) is 0 Å². The summed E-state index contributed by atoms with van der Waals surface area (Å²) in [5.74, 6) is 0.302. The third kappa shape index (κ3) is 1.88. The molecule has 0 bridgehead atoms. The van der Waals surface area contributed by atoms with Crippen LogP contribution in [0.4, 0.5) is 0 Å². The van der Waals surface area contributed by atoms with Crippen molar-refractivity contribution in [1.82, 2.24) is 14.8 Å². The number of ether oxygens (including phenoxy) is 1. The molecule has 0 unspecified atom stereocenters. The summed E-state index contributed by atoms with van der Waals surface area (Å²) in [5, 5.41) is 3.88. The van der Waals surface area contributed by atoms with Gasteiger partial charge in [-0.3, -0.25) is 4.79 Å². The van der Waals surface area contributed by atoms with Crippen LogP contribution in [-0.4, -0.2) is 34.3 Å². The molecule has 5 heteroatoms. The third-order valence-electron chi connectivity index (χ3n) is 1.44. The highest BCUT2D eigenvalue weighted by molar-refractivity contribution is 5.90. The first-order valence-corrected chi connectivity index (χ1v) is 3.63. The van der Waals surface area contributed by atoms with Crippen LogP contribution in [0.2, 0.25) is 0 Å². The summed E-state index contributed by atoms with van der Waals surface area (Å²) in [5.41, 5.74) is 0. The van der Waals surface area contributed by atoms with E-state index in [-0.39, 0.29) is 5.78 Å². The lowest BCUT2D eigenvalue weighted by Crippen LogP contribution is -2.12. The van der Waals surface area contributed by atoms with Crippen LogP contribution >= 0.6 is 0 Å². The Hall–Kier alpha value is -1.23. The highest BCUT2D eigenvalue weighted by Gasteiger charge is 2.07. The molecule has 0 amide bonds. The van der Waals surface area contributed by atoms with Gasteiger partial charge in [0.2, 0.25) is 0 Å². The molecule has 1 rings (SSSR count). The van der Waals surface area contributed by atoms with Gasteiger partial charge in [-0.2, -0.15) is 5.10 Å². The second-order valence-corrected chi connectivity index (χ2v) is 2.36. The number of carbonyl (C=O) groups excluding carboxylic acids is 1. The number of Topliss-reactive ketones (excluding diaryl/α,β-unsaturated/α-hetero) is 1. The van der Waals surface area contributed by atoms with Crippen molar-refractivity contribution in [1.29, 1.82) is 0 Å². The summed E-state index contributed by atoms with van der Waals surface area (Å²) in [7, 11) is 1.60. The van der Waals surface area contributed by atoms with Crippen molar-refractivity contribution in [2.75, 3.05) is 13.7 Å². The molecule has 0 atom stereocenters. The number of carbonyl (C=O) groups is 1.